The summed E-state index contributed by atoms with van der Waals surface area (Å²) in [6, 6.07) is 8.12. The van der Waals surface area contributed by atoms with Crippen LogP contribution >= 0.6 is 22.6 Å². The van der Waals surface area contributed by atoms with Gasteiger partial charge in [-0.1, -0.05) is 18.2 Å². The number of hydrogen-bond acceptors (Lipinski definition) is 3. The van der Waals surface area contributed by atoms with Crippen LogP contribution in [0.15, 0.2) is 24.3 Å². The van der Waals surface area contributed by atoms with Crippen molar-refractivity contribution in [3.05, 3.63) is 33.4 Å². The van der Waals surface area contributed by atoms with Gasteiger partial charge in [0.1, 0.15) is 9.84 Å². The van der Waals surface area contributed by atoms with Gasteiger partial charge in [0.05, 0.1) is 5.75 Å². The maximum atomic E-state index is 11.1. The average molecular weight is 353 g/mol. The van der Waals surface area contributed by atoms with Crippen LogP contribution in [0, 0.1) is 3.57 Å². The Morgan fingerprint density at radius 1 is 1.38 bits per heavy atom. The standard InChI is InChI=1S/C11H16INO2S/c1-13-11(7-8-16(2,14)15)9-5-3-4-6-10(9)12/h3-6,11,13H,7-8H2,1-2H3. The van der Waals surface area contributed by atoms with Gasteiger partial charge < -0.3 is 5.32 Å². The van der Waals surface area contributed by atoms with E-state index in [0.717, 1.165) is 9.13 Å². The molecular weight excluding hydrogens is 337 g/mol. The van der Waals surface area contributed by atoms with Crippen LogP contribution in [0.2, 0.25) is 0 Å². The van der Waals surface area contributed by atoms with E-state index in [2.05, 4.69) is 27.9 Å². The molecule has 0 aliphatic carbocycles. The summed E-state index contributed by atoms with van der Waals surface area (Å²) in [7, 11) is -1.04. The number of sulfone groups is 1. The number of halogens is 1. The van der Waals surface area contributed by atoms with Crippen molar-refractivity contribution in [1.29, 1.82) is 0 Å². The molecule has 16 heavy (non-hydrogen) atoms. The van der Waals surface area contributed by atoms with Crippen molar-refractivity contribution < 1.29 is 8.42 Å². The zero-order valence-electron chi connectivity index (χ0n) is 9.40. The van der Waals surface area contributed by atoms with E-state index in [1.54, 1.807) is 0 Å². The van der Waals surface area contributed by atoms with E-state index in [0.29, 0.717) is 6.42 Å². The van der Waals surface area contributed by atoms with Gasteiger partial charge in [-0.25, -0.2) is 8.42 Å². The Balaban J connectivity index is 2.79. The van der Waals surface area contributed by atoms with Crippen LogP contribution in [0.5, 0.6) is 0 Å². The van der Waals surface area contributed by atoms with Gasteiger partial charge in [-0.2, -0.15) is 0 Å². The summed E-state index contributed by atoms with van der Waals surface area (Å²) in [6.07, 6.45) is 1.88. The van der Waals surface area contributed by atoms with Gasteiger partial charge in [-0.05, 0) is 47.7 Å². The summed E-state index contributed by atoms with van der Waals surface area (Å²) in [6.45, 7) is 0. The first-order valence-electron chi connectivity index (χ1n) is 5.03. The molecule has 0 bridgehead atoms. The Hall–Kier alpha value is -0.140. The first-order valence-corrected chi connectivity index (χ1v) is 8.17. The normalized spacial score (nSPS) is 13.7. The fourth-order valence-electron chi connectivity index (χ4n) is 1.54. The van der Waals surface area contributed by atoms with Gasteiger partial charge in [-0.3, -0.25) is 0 Å². The molecule has 0 heterocycles. The van der Waals surface area contributed by atoms with Crippen molar-refractivity contribution >= 4 is 32.4 Å². The lowest BCUT2D eigenvalue weighted by Crippen LogP contribution is -2.20. The molecule has 0 aliphatic heterocycles. The molecule has 0 saturated heterocycles. The van der Waals surface area contributed by atoms with Crippen molar-refractivity contribution in [1.82, 2.24) is 5.32 Å². The summed E-state index contributed by atoms with van der Waals surface area (Å²) in [4.78, 5) is 0. The third-order valence-electron chi connectivity index (χ3n) is 2.41. The summed E-state index contributed by atoms with van der Waals surface area (Å²) in [5, 5.41) is 3.16. The molecule has 0 fully saturated rings. The van der Waals surface area contributed by atoms with Gasteiger partial charge >= 0.3 is 0 Å². The second-order valence-corrected chi connectivity index (χ2v) is 7.20. The van der Waals surface area contributed by atoms with Crippen LogP contribution in [0.25, 0.3) is 0 Å². The third kappa shape index (κ3) is 4.39. The smallest absolute Gasteiger partial charge is 0.147 e. The zero-order chi connectivity index (χ0) is 12.2. The van der Waals surface area contributed by atoms with E-state index in [1.165, 1.54) is 6.26 Å². The zero-order valence-corrected chi connectivity index (χ0v) is 12.4. The van der Waals surface area contributed by atoms with Gasteiger partial charge in [0.15, 0.2) is 0 Å². The summed E-state index contributed by atoms with van der Waals surface area (Å²) < 4.78 is 23.4. The van der Waals surface area contributed by atoms with Crippen molar-refractivity contribution in [2.24, 2.45) is 0 Å². The predicted octanol–water partition coefficient (Wildman–Crippen LogP) is 1.99. The highest BCUT2D eigenvalue weighted by Gasteiger charge is 2.14. The van der Waals surface area contributed by atoms with Crippen molar-refractivity contribution in [2.45, 2.75) is 12.5 Å². The van der Waals surface area contributed by atoms with Crippen molar-refractivity contribution in [3.8, 4) is 0 Å². The van der Waals surface area contributed by atoms with E-state index in [-0.39, 0.29) is 11.8 Å². The largest absolute Gasteiger partial charge is 0.313 e. The van der Waals surface area contributed by atoms with Crippen molar-refractivity contribution in [2.75, 3.05) is 19.1 Å². The van der Waals surface area contributed by atoms with Crippen LogP contribution in [-0.2, 0) is 9.84 Å². The number of hydrogen-bond donors (Lipinski definition) is 1. The molecule has 1 atom stereocenters. The van der Waals surface area contributed by atoms with Crippen LogP contribution in [0.4, 0.5) is 0 Å². The highest BCUT2D eigenvalue weighted by atomic mass is 127. The molecule has 0 aromatic heterocycles. The number of rotatable bonds is 5. The molecule has 0 saturated carbocycles. The predicted molar refractivity (Wildman–Crippen MR) is 75.3 cm³/mol. The molecule has 1 aromatic rings. The molecule has 3 nitrogen and oxygen atoms in total. The third-order valence-corrected chi connectivity index (χ3v) is 4.37. The van der Waals surface area contributed by atoms with Crippen LogP contribution < -0.4 is 5.32 Å². The molecule has 1 rings (SSSR count). The Labute approximate surface area is 111 Å². The minimum Gasteiger partial charge on any atom is -0.313 e. The van der Waals surface area contributed by atoms with Gasteiger partial charge in [0.2, 0.25) is 0 Å². The van der Waals surface area contributed by atoms with E-state index in [9.17, 15) is 8.42 Å². The Kier molecular flexibility index (Phi) is 5.20. The fourth-order valence-corrected chi connectivity index (χ4v) is 2.97. The summed E-state index contributed by atoms with van der Waals surface area (Å²) in [5.74, 6) is 0.212. The molecule has 1 N–H and O–H groups in total. The maximum absolute atomic E-state index is 11.1. The van der Waals surface area contributed by atoms with E-state index in [1.807, 2.05) is 31.3 Å². The van der Waals surface area contributed by atoms with E-state index in [4.69, 9.17) is 0 Å². The summed E-state index contributed by atoms with van der Waals surface area (Å²) >= 11 is 2.27. The molecule has 0 aliphatic rings. The summed E-state index contributed by atoms with van der Waals surface area (Å²) in [5.41, 5.74) is 1.16. The molecule has 0 radical (unpaired) electrons. The fraction of sp³-hybridized carbons (Fsp3) is 0.455. The van der Waals surface area contributed by atoms with Crippen molar-refractivity contribution in [3.63, 3.8) is 0 Å². The lowest BCUT2D eigenvalue weighted by atomic mass is 10.1. The van der Waals surface area contributed by atoms with E-state index >= 15 is 0 Å². The maximum Gasteiger partial charge on any atom is 0.147 e. The average Bonchev–Trinajstić information content (AvgIpc) is 2.20. The van der Waals surface area contributed by atoms with Crippen LogP contribution in [0.1, 0.15) is 18.0 Å². The number of nitrogens with one attached hydrogen (secondary N) is 1. The van der Waals surface area contributed by atoms with E-state index < -0.39 is 9.84 Å². The van der Waals surface area contributed by atoms with Gasteiger partial charge in [0.25, 0.3) is 0 Å². The highest BCUT2D eigenvalue weighted by Crippen LogP contribution is 2.22. The minimum absolute atomic E-state index is 0.0998. The van der Waals surface area contributed by atoms with Gasteiger partial charge in [-0.15, -0.1) is 0 Å². The quantitative estimate of drug-likeness (QED) is 0.824. The topological polar surface area (TPSA) is 46.2 Å². The molecule has 5 heteroatoms. The molecular formula is C11H16INO2S. The SMILES string of the molecule is CNC(CCS(C)(=O)=O)c1ccccc1I. The second kappa shape index (κ2) is 5.97. The molecule has 1 unspecified atom stereocenters. The minimum atomic E-state index is -2.89. The Morgan fingerprint density at radius 2 is 2.00 bits per heavy atom. The Morgan fingerprint density at radius 3 is 2.50 bits per heavy atom. The molecule has 1 aromatic carbocycles. The lowest BCUT2D eigenvalue weighted by molar-refractivity contribution is 0.557. The second-order valence-electron chi connectivity index (χ2n) is 3.78. The molecule has 0 spiro atoms. The highest BCUT2D eigenvalue weighted by molar-refractivity contribution is 14.1. The lowest BCUT2D eigenvalue weighted by Gasteiger charge is -2.17. The first kappa shape index (κ1) is 13.9. The molecule has 0 amide bonds. The first-order chi connectivity index (χ1) is 7.44. The monoisotopic (exact) mass is 353 g/mol. The van der Waals surface area contributed by atoms with Crippen LogP contribution in [0.3, 0.4) is 0 Å². The Bertz CT molecular complexity index is 445. The molecule has 90 valence electrons. The van der Waals surface area contributed by atoms with Crippen LogP contribution in [-0.4, -0.2) is 27.5 Å². The number of benzene rings is 1. The van der Waals surface area contributed by atoms with Gasteiger partial charge in [0, 0.05) is 15.9 Å².